The number of hydrogen-bond donors (Lipinski definition) is 2. The Labute approximate surface area is 111 Å². The standard InChI is InChI=1S/C13H7F4N3/c14-7-4-8(15)11(17)13(10(7)16)20-9-3-1-2-6(5-18)12(9)19/h1-4,20H,19H2. The summed E-state index contributed by atoms with van der Waals surface area (Å²) < 4.78 is 53.1. The third-order valence-corrected chi connectivity index (χ3v) is 2.60. The average molecular weight is 281 g/mol. The first kappa shape index (κ1) is 13.7. The van der Waals surface area contributed by atoms with Crippen molar-refractivity contribution < 1.29 is 17.6 Å². The van der Waals surface area contributed by atoms with E-state index in [1.54, 1.807) is 6.07 Å². The van der Waals surface area contributed by atoms with Gasteiger partial charge in [0.25, 0.3) is 0 Å². The molecule has 0 aliphatic rings. The van der Waals surface area contributed by atoms with Crippen LogP contribution >= 0.6 is 0 Å². The molecule has 0 radical (unpaired) electrons. The minimum atomic E-state index is -1.58. The zero-order valence-corrected chi connectivity index (χ0v) is 9.85. The van der Waals surface area contributed by atoms with E-state index in [9.17, 15) is 17.6 Å². The molecular weight excluding hydrogens is 274 g/mol. The Morgan fingerprint density at radius 3 is 2.20 bits per heavy atom. The summed E-state index contributed by atoms with van der Waals surface area (Å²) in [7, 11) is 0. The van der Waals surface area contributed by atoms with Crippen molar-refractivity contribution in [3.8, 4) is 6.07 Å². The topological polar surface area (TPSA) is 61.8 Å². The number of rotatable bonds is 2. The van der Waals surface area contributed by atoms with Gasteiger partial charge in [-0.25, -0.2) is 17.6 Å². The van der Waals surface area contributed by atoms with E-state index in [1.165, 1.54) is 18.2 Å². The summed E-state index contributed by atoms with van der Waals surface area (Å²) in [4.78, 5) is 0. The Balaban J connectivity index is 2.54. The Morgan fingerprint density at radius 2 is 1.65 bits per heavy atom. The van der Waals surface area contributed by atoms with Crippen LogP contribution in [0.15, 0.2) is 24.3 Å². The van der Waals surface area contributed by atoms with Gasteiger partial charge in [-0.3, -0.25) is 0 Å². The second kappa shape index (κ2) is 5.09. The molecule has 0 aromatic heterocycles. The van der Waals surface area contributed by atoms with Crippen LogP contribution in [0.2, 0.25) is 0 Å². The Bertz CT molecular complexity index is 696. The van der Waals surface area contributed by atoms with Gasteiger partial charge in [-0.05, 0) is 12.1 Å². The zero-order chi connectivity index (χ0) is 14.9. The Morgan fingerprint density at radius 1 is 1.05 bits per heavy atom. The summed E-state index contributed by atoms with van der Waals surface area (Å²) in [5, 5.41) is 10.9. The second-order valence-corrected chi connectivity index (χ2v) is 3.85. The molecule has 2 aromatic carbocycles. The highest BCUT2D eigenvalue weighted by Crippen LogP contribution is 2.31. The predicted octanol–water partition coefficient (Wildman–Crippen LogP) is 3.44. The minimum absolute atomic E-state index is 0.0353. The number of nitrogens with two attached hydrogens (primary N) is 1. The molecule has 0 amide bonds. The number of nitrogen functional groups attached to an aromatic ring is 1. The molecule has 0 spiro atoms. The molecule has 0 fully saturated rings. The van der Waals surface area contributed by atoms with E-state index in [0.29, 0.717) is 0 Å². The fraction of sp³-hybridized carbons (Fsp3) is 0. The number of hydrogen-bond acceptors (Lipinski definition) is 3. The van der Waals surface area contributed by atoms with E-state index in [2.05, 4.69) is 5.32 Å². The minimum Gasteiger partial charge on any atom is -0.396 e. The number of halogens is 4. The maximum absolute atomic E-state index is 13.5. The normalized spacial score (nSPS) is 10.2. The predicted molar refractivity (Wildman–Crippen MR) is 65.1 cm³/mol. The highest BCUT2D eigenvalue weighted by atomic mass is 19.2. The van der Waals surface area contributed by atoms with Crippen molar-refractivity contribution in [1.29, 1.82) is 5.26 Å². The van der Waals surface area contributed by atoms with Crippen LogP contribution in [-0.4, -0.2) is 0 Å². The molecular formula is C13H7F4N3. The fourth-order valence-electron chi connectivity index (χ4n) is 1.59. The lowest BCUT2D eigenvalue weighted by Gasteiger charge is -2.12. The number of para-hydroxylation sites is 1. The number of nitrogens with one attached hydrogen (secondary N) is 1. The highest BCUT2D eigenvalue weighted by molar-refractivity contribution is 5.77. The first-order valence-electron chi connectivity index (χ1n) is 5.34. The molecule has 2 rings (SSSR count). The van der Waals surface area contributed by atoms with Crippen LogP contribution in [0, 0.1) is 34.6 Å². The van der Waals surface area contributed by atoms with Crippen molar-refractivity contribution in [2.45, 2.75) is 0 Å². The average Bonchev–Trinajstić information content (AvgIpc) is 2.43. The molecule has 0 atom stereocenters. The molecule has 0 unspecified atom stereocenters. The van der Waals surface area contributed by atoms with E-state index < -0.39 is 29.0 Å². The first-order valence-corrected chi connectivity index (χ1v) is 5.34. The van der Waals surface area contributed by atoms with Crippen LogP contribution in [-0.2, 0) is 0 Å². The van der Waals surface area contributed by atoms with Gasteiger partial charge in [-0.2, -0.15) is 5.26 Å². The maximum atomic E-state index is 13.5. The van der Waals surface area contributed by atoms with Crippen molar-refractivity contribution in [2.24, 2.45) is 0 Å². The molecule has 3 N–H and O–H groups in total. The van der Waals surface area contributed by atoms with Gasteiger partial charge in [0.15, 0.2) is 23.3 Å². The lowest BCUT2D eigenvalue weighted by atomic mass is 10.1. The molecule has 0 heterocycles. The number of anilines is 3. The van der Waals surface area contributed by atoms with Crippen molar-refractivity contribution in [3.63, 3.8) is 0 Å². The highest BCUT2D eigenvalue weighted by Gasteiger charge is 2.20. The van der Waals surface area contributed by atoms with Gasteiger partial charge in [0.2, 0.25) is 0 Å². The summed E-state index contributed by atoms with van der Waals surface area (Å²) in [5.74, 6) is -6.24. The molecule has 3 nitrogen and oxygen atoms in total. The monoisotopic (exact) mass is 281 g/mol. The third kappa shape index (κ3) is 2.23. The number of benzene rings is 2. The number of nitrogens with zero attached hydrogens (tertiary/aromatic N) is 1. The van der Waals surface area contributed by atoms with Crippen LogP contribution < -0.4 is 11.1 Å². The van der Waals surface area contributed by atoms with Crippen LogP contribution in [0.3, 0.4) is 0 Å². The van der Waals surface area contributed by atoms with E-state index in [4.69, 9.17) is 11.0 Å². The van der Waals surface area contributed by atoms with Gasteiger partial charge in [-0.15, -0.1) is 0 Å². The smallest absolute Gasteiger partial charge is 0.185 e. The molecule has 0 saturated carbocycles. The van der Waals surface area contributed by atoms with Gasteiger partial charge in [-0.1, -0.05) is 6.07 Å². The van der Waals surface area contributed by atoms with Gasteiger partial charge in [0.1, 0.15) is 11.8 Å². The maximum Gasteiger partial charge on any atom is 0.185 e. The fourth-order valence-corrected chi connectivity index (χ4v) is 1.59. The lowest BCUT2D eigenvalue weighted by Crippen LogP contribution is -2.05. The van der Waals surface area contributed by atoms with Crippen molar-refractivity contribution >= 4 is 17.1 Å². The lowest BCUT2D eigenvalue weighted by molar-refractivity contribution is 0.459. The molecule has 2 aromatic rings. The molecule has 0 bridgehead atoms. The summed E-state index contributed by atoms with van der Waals surface area (Å²) >= 11 is 0. The van der Waals surface area contributed by atoms with Crippen molar-refractivity contribution in [2.75, 3.05) is 11.1 Å². The van der Waals surface area contributed by atoms with Gasteiger partial charge < -0.3 is 11.1 Å². The largest absolute Gasteiger partial charge is 0.396 e. The van der Waals surface area contributed by atoms with Crippen molar-refractivity contribution in [1.82, 2.24) is 0 Å². The van der Waals surface area contributed by atoms with E-state index >= 15 is 0 Å². The van der Waals surface area contributed by atoms with Crippen LogP contribution in [0.4, 0.5) is 34.6 Å². The van der Waals surface area contributed by atoms with E-state index in [0.717, 1.165) is 0 Å². The summed E-state index contributed by atoms with van der Waals surface area (Å²) in [6.07, 6.45) is 0. The Kier molecular flexibility index (Phi) is 3.48. The summed E-state index contributed by atoms with van der Waals surface area (Å²) in [5.41, 5.74) is 4.53. The van der Waals surface area contributed by atoms with E-state index in [1.807, 2.05) is 0 Å². The quantitative estimate of drug-likeness (QED) is 0.503. The molecule has 0 aliphatic heterocycles. The van der Waals surface area contributed by atoms with Crippen LogP contribution in [0.5, 0.6) is 0 Å². The number of nitriles is 1. The summed E-state index contributed by atoms with van der Waals surface area (Å²) in [6, 6.07) is 5.99. The third-order valence-electron chi connectivity index (χ3n) is 2.60. The Hall–Kier alpha value is -2.75. The van der Waals surface area contributed by atoms with Gasteiger partial charge in [0.05, 0.1) is 16.9 Å². The van der Waals surface area contributed by atoms with Crippen LogP contribution in [0.25, 0.3) is 0 Å². The van der Waals surface area contributed by atoms with Crippen LogP contribution in [0.1, 0.15) is 5.56 Å². The molecule has 102 valence electrons. The molecule has 7 heteroatoms. The molecule has 20 heavy (non-hydrogen) atoms. The van der Waals surface area contributed by atoms with Gasteiger partial charge >= 0.3 is 0 Å². The SMILES string of the molecule is N#Cc1cccc(Nc2c(F)c(F)cc(F)c2F)c1N. The first-order chi connectivity index (χ1) is 9.45. The zero-order valence-electron chi connectivity index (χ0n) is 9.85. The van der Waals surface area contributed by atoms with Crippen molar-refractivity contribution in [3.05, 3.63) is 53.1 Å². The molecule has 0 saturated heterocycles. The molecule has 0 aliphatic carbocycles. The van der Waals surface area contributed by atoms with E-state index in [-0.39, 0.29) is 23.0 Å². The van der Waals surface area contributed by atoms with Gasteiger partial charge in [0, 0.05) is 6.07 Å². The summed E-state index contributed by atoms with van der Waals surface area (Å²) in [6.45, 7) is 0. The second-order valence-electron chi connectivity index (χ2n) is 3.85.